The number of nitrogens with zero attached hydrogens (tertiary/aromatic N) is 2. The highest BCUT2D eigenvalue weighted by molar-refractivity contribution is 5.75. The molecule has 1 aromatic carbocycles. The second-order valence-electron chi connectivity index (χ2n) is 6.20. The zero-order chi connectivity index (χ0) is 17.9. The predicted molar refractivity (Wildman–Crippen MR) is 95.2 cm³/mol. The van der Waals surface area contributed by atoms with Gasteiger partial charge in [-0.25, -0.2) is 0 Å². The van der Waals surface area contributed by atoms with Gasteiger partial charge in [0.2, 0.25) is 17.7 Å². The summed E-state index contributed by atoms with van der Waals surface area (Å²) >= 11 is 0. The minimum absolute atomic E-state index is 0.00594. The van der Waals surface area contributed by atoms with Crippen molar-refractivity contribution in [1.29, 1.82) is 0 Å². The van der Waals surface area contributed by atoms with Crippen LogP contribution in [0, 0.1) is 0 Å². The molecule has 1 heterocycles. The van der Waals surface area contributed by atoms with Crippen LogP contribution in [0.2, 0.25) is 0 Å². The lowest BCUT2D eigenvalue weighted by atomic mass is 10.1. The molecular weight excluding hydrogens is 318 g/mol. The van der Waals surface area contributed by atoms with Crippen LogP contribution in [-0.2, 0) is 28.8 Å². The summed E-state index contributed by atoms with van der Waals surface area (Å²) in [5.74, 6) is 1.13. The number of aryl methyl sites for hydroxylation is 3. The Morgan fingerprint density at radius 3 is 2.56 bits per heavy atom. The molecule has 0 spiro atoms. The molecule has 0 aliphatic rings. The topological polar surface area (TPSA) is 77.2 Å². The minimum atomic E-state index is -0.00594. The number of benzene rings is 1. The Hall–Kier alpha value is -2.21. The third-order valence-corrected chi connectivity index (χ3v) is 3.64. The van der Waals surface area contributed by atoms with Crippen LogP contribution in [0.4, 0.5) is 0 Å². The molecular formula is C19H27N3O3. The molecule has 0 saturated carbocycles. The van der Waals surface area contributed by atoms with Gasteiger partial charge in [-0.1, -0.05) is 30.3 Å². The molecule has 0 unspecified atom stereocenters. The first-order valence-corrected chi connectivity index (χ1v) is 8.87. The van der Waals surface area contributed by atoms with Gasteiger partial charge in [0.15, 0.2) is 0 Å². The van der Waals surface area contributed by atoms with E-state index in [0.29, 0.717) is 44.2 Å². The normalized spacial score (nSPS) is 11.0. The van der Waals surface area contributed by atoms with Gasteiger partial charge in [0.25, 0.3) is 0 Å². The molecule has 136 valence electrons. The molecule has 0 radical (unpaired) electrons. The van der Waals surface area contributed by atoms with Crippen molar-refractivity contribution < 1.29 is 13.9 Å². The molecule has 2 aromatic rings. The molecule has 1 N–H and O–H groups in total. The zero-order valence-electron chi connectivity index (χ0n) is 15.0. The number of carbonyl (C=O) groups excluding carboxylic acids is 1. The highest BCUT2D eigenvalue weighted by Gasteiger charge is 2.09. The Kier molecular flexibility index (Phi) is 8.12. The Balaban J connectivity index is 1.61. The molecule has 1 aromatic heterocycles. The van der Waals surface area contributed by atoms with Crippen LogP contribution in [0.5, 0.6) is 0 Å². The van der Waals surface area contributed by atoms with E-state index in [9.17, 15) is 4.79 Å². The highest BCUT2D eigenvalue weighted by atomic mass is 16.5. The minimum Gasteiger partial charge on any atom is -0.425 e. The third kappa shape index (κ3) is 7.94. The molecule has 0 fully saturated rings. The quantitative estimate of drug-likeness (QED) is 0.634. The van der Waals surface area contributed by atoms with Gasteiger partial charge >= 0.3 is 0 Å². The maximum absolute atomic E-state index is 11.8. The maximum atomic E-state index is 11.8. The maximum Gasteiger partial charge on any atom is 0.220 e. The lowest BCUT2D eigenvalue weighted by Crippen LogP contribution is -2.25. The van der Waals surface area contributed by atoms with Gasteiger partial charge in [-0.15, -0.1) is 10.2 Å². The average molecular weight is 345 g/mol. The van der Waals surface area contributed by atoms with E-state index >= 15 is 0 Å². The molecule has 0 aliphatic heterocycles. The standard InChI is InChI=1S/C19H27N3O3/c1-15(2)24-14-6-13-20-17(23)10-12-19-22-21-18(25-19)11-9-16-7-4-3-5-8-16/h3-5,7-8,15H,6,9-14H2,1-2H3,(H,20,23). The SMILES string of the molecule is CC(C)OCCCNC(=O)CCc1nnc(CCc2ccccc2)o1. The predicted octanol–water partition coefficient (Wildman–Crippen LogP) is 2.72. The van der Waals surface area contributed by atoms with Crippen molar-refractivity contribution in [2.75, 3.05) is 13.2 Å². The first kappa shape index (κ1) is 19.1. The summed E-state index contributed by atoms with van der Waals surface area (Å²) in [6.07, 6.45) is 3.43. The van der Waals surface area contributed by atoms with E-state index in [2.05, 4.69) is 27.6 Å². The van der Waals surface area contributed by atoms with Crippen LogP contribution in [0.3, 0.4) is 0 Å². The molecule has 0 atom stereocenters. The van der Waals surface area contributed by atoms with Crippen molar-refractivity contribution in [2.24, 2.45) is 0 Å². The van der Waals surface area contributed by atoms with Crippen molar-refractivity contribution in [3.63, 3.8) is 0 Å². The second kappa shape index (κ2) is 10.6. The summed E-state index contributed by atoms with van der Waals surface area (Å²) in [4.78, 5) is 11.8. The van der Waals surface area contributed by atoms with Gasteiger partial charge in [-0.3, -0.25) is 4.79 Å². The fraction of sp³-hybridized carbons (Fsp3) is 0.526. The smallest absolute Gasteiger partial charge is 0.220 e. The largest absolute Gasteiger partial charge is 0.425 e. The van der Waals surface area contributed by atoms with Crippen LogP contribution in [0.15, 0.2) is 34.7 Å². The van der Waals surface area contributed by atoms with Gasteiger partial charge in [0.05, 0.1) is 6.10 Å². The van der Waals surface area contributed by atoms with E-state index in [1.54, 1.807) is 0 Å². The second-order valence-corrected chi connectivity index (χ2v) is 6.20. The van der Waals surface area contributed by atoms with Crippen molar-refractivity contribution >= 4 is 5.91 Å². The fourth-order valence-corrected chi connectivity index (χ4v) is 2.31. The van der Waals surface area contributed by atoms with Gasteiger partial charge in [0, 0.05) is 32.4 Å². The lowest BCUT2D eigenvalue weighted by molar-refractivity contribution is -0.121. The molecule has 25 heavy (non-hydrogen) atoms. The first-order chi connectivity index (χ1) is 12.1. The Morgan fingerprint density at radius 1 is 1.12 bits per heavy atom. The van der Waals surface area contributed by atoms with E-state index in [-0.39, 0.29) is 12.0 Å². The number of nitrogens with one attached hydrogen (secondary N) is 1. The average Bonchev–Trinajstić information content (AvgIpc) is 3.06. The number of hydrogen-bond acceptors (Lipinski definition) is 5. The molecule has 2 rings (SSSR count). The zero-order valence-corrected chi connectivity index (χ0v) is 15.0. The van der Waals surface area contributed by atoms with Gasteiger partial charge in [0.1, 0.15) is 0 Å². The molecule has 1 amide bonds. The third-order valence-electron chi connectivity index (χ3n) is 3.64. The van der Waals surface area contributed by atoms with Crippen LogP contribution in [0.1, 0.15) is 44.0 Å². The Labute approximate surface area is 149 Å². The summed E-state index contributed by atoms with van der Waals surface area (Å²) in [5, 5.41) is 10.9. The summed E-state index contributed by atoms with van der Waals surface area (Å²) < 4.78 is 11.0. The van der Waals surface area contributed by atoms with Crippen LogP contribution in [0.25, 0.3) is 0 Å². The first-order valence-electron chi connectivity index (χ1n) is 8.87. The number of hydrogen-bond donors (Lipinski definition) is 1. The number of rotatable bonds is 11. The molecule has 0 aliphatic carbocycles. The monoisotopic (exact) mass is 345 g/mol. The van der Waals surface area contributed by atoms with Gasteiger partial charge in [-0.05, 0) is 32.3 Å². The number of ether oxygens (including phenoxy) is 1. The van der Waals surface area contributed by atoms with E-state index in [1.165, 1.54) is 5.56 Å². The fourth-order valence-electron chi connectivity index (χ4n) is 2.31. The molecule has 0 saturated heterocycles. The lowest BCUT2D eigenvalue weighted by Gasteiger charge is -2.07. The van der Waals surface area contributed by atoms with Crippen molar-refractivity contribution in [1.82, 2.24) is 15.5 Å². The summed E-state index contributed by atoms with van der Waals surface area (Å²) in [6.45, 7) is 5.28. The summed E-state index contributed by atoms with van der Waals surface area (Å²) in [7, 11) is 0. The van der Waals surface area contributed by atoms with Gasteiger partial charge < -0.3 is 14.5 Å². The van der Waals surface area contributed by atoms with E-state index in [0.717, 1.165) is 12.8 Å². The van der Waals surface area contributed by atoms with Crippen molar-refractivity contribution in [3.8, 4) is 0 Å². The van der Waals surface area contributed by atoms with E-state index < -0.39 is 0 Å². The number of amides is 1. The van der Waals surface area contributed by atoms with Crippen LogP contribution in [-0.4, -0.2) is 35.4 Å². The number of carbonyl (C=O) groups is 1. The van der Waals surface area contributed by atoms with Crippen molar-refractivity contribution in [3.05, 3.63) is 47.7 Å². The molecule has 6 heteroatoms. The van der Waals surface area contributed by atoms with Crippen molar-refractivity contribution in [2.45, 2.75) is 52.1 Å². The van der Waals surface area contributed by atoms with E-state index in [1.807, 2.05) is 32.0 Å². The Morgan fingerprint density at radius 2 is 1.84 bits per heavy atom. The Bertz CT molecular complexity index is 626. The molecule has 0 bridgehead atoms. The summed E-state index contributed by atoms with van der Waals surface area (Å²) in [5.41, 5.74) is 1.24. The number of aromatic nitrogens is 2. The van der Waals surface area contributed by atoms with E-state index in [4.69, 9.17) is 9.15 Å². The van der Waals surface area contributed by atoms with Gasteiger partial charge in [-0.2, -0.15) is 0 Å². The summed E-state index contributed by atoms with van der Waals surface area (Å²) in [6, 6.07) is 10.2. The highest BCUT2D eigenvalue weighted by Crippen LogP contribution is 2.08. The van der Waals surface area contributed by atoms with Crippen LogP contribution < -0.4 is 5.32 Å². The van der Waals surface area contributed by atoms with Crippen LogP contribution >= 0.6 is 0 Å². The molecule has 6 nitrogen and oxygen atoms in total.